The third-order valence-corrected chi connectivity index (χ3v) is 6.10. The Balaban J connectivity index is 1.90. The Labute approximate surface area is 126 Å². The number of rotatable bonds is 4. The van der Waals surface area contributed by atoms with Crippen molar-refractivity contribution in [3.05, 3.63) is 0 Å². The van der Waals surface area contributed by atoms with Crippen molar-refractivity contribution in [1.29, 1.82) is 0 Å². The van der Waals surface area contributed by atoms with Crippen LogP contribution in [0.2, 0.25) is 0 Å². The van der Waals surface area contributed by atoms with Gasteiger partial charge in [0.2, 0.25) is 5.91 Å². The van der Waals surface area contributed by atoms with Crippen molar-refractivity contribution < 1.29 is 13.2 Å². The Bertz CT molecular complexity index is 454. The molecule has 0 aliphatic carbocycles. The first-order chi connectivity index (χ1) is 9.95. The van der Waals surface area contributed by atoms with Crippen LogP contribution in [0.1, 0.15) is 6.42 Å². The maximum atomic E-state index is 12.6. The van der Waals surface area contributed by atoms with Crippen LogP contribution in [0.5, 0.6) is 0 Å². The highest BCUT2D eigenvalue weighted by Crippen LogP contribution is 2.14. The first-order valence-corrected chi connectivity index (χ1v) is 8.76. The molecule has 2 N–H and O–H groups in total. The molecule has 2 heterocycles. The summed E-state index contributed by atoms with van der Waals surface area (Å²) in [5.74, 6) is 0.00847. The molecule has 2 saturated heterocycles. The van der Waals surface area contributed by atoms with E-state index in [-0.39, 0.29) is 5.91 Å². The lowest BCUT2D eigenvalue weighted by Crippen LogP contribution is -2.57. The summed E-state index contributed by atoms with van der Waals surface area (Å²) < 4.78 is 28.2. The number of piperazine rings is 2. The molecule has 9 heteroatoms. The van der Waals surface area contributed by atoms with Crippen molar-refractivity contribution in [3.63, 3.8) is 0 Å². The van der Waals surface area contributed by atoms with Crippen molar-refractivity contribution in [2.75, 3.05) is 66.0 Å². The normalized spacial score (nSPS) is 23.4. The van der Waals surface area contributed by atoms with E-state index in [1.54, 1.807) is 9.21 Å². The van der Waals surface area contributed by atoms with Gasteiger partial charge in [-0.25, -0.2) is 0 Å². The van der Waals surface area contributed by atoms with Crippen LogP contribution in [0.4, 0.5) is 0 Å². The zero-order chi connectivity index (χ0) is 15.5. The molecule has 0 radical (unpaired) electrons. The molecular weight excluding hydrogens is 294 g/mol. The average Bonchev–Trinajstić information content (AvgIpc) is 2.48. The van der Waals surface area contributed by atoms with Crippen molar-refractivity contribution in [2.45, 2.75) is 6.42 Å². The SMILES string of the molecule is CN1CCN(S(=O)(=O)N2CCN(C(=O)CCN)CC2)CC1. The van der Waals surface area contributed by atoms with Gasteiger partial charge in [-0.05, 0) is 7.05 Å². The second-order valence-corrected chi connectivity index (χ2v) is 7.46. The van der Waals surface area contributed by atoms with Gasteiger partial charge in [-0.2, -0.15) is 17.0 Å². The summed E-state index contributed by atoms with van der Waals surface area (Å²) >= 11 is 0. The molecule has 0 bridgehead atoms. The molecule has 21 heavy (non-hydrogen) atoms. The van der Waals surface area contributed by atoms with Crippen LogP contribution in [0, 0.1) is 0 Å². The Hall–Kier alpha value is -0.740. The van der Waals surface area contributed by atoms with Crippen LogP contribution in [-0.2, 0) is 15.0 Å². The minimum absolute atomic E-state index is 0.00847. The molecule has 0 unspecified atom stereocenters. The monoisotopic (exact) mass is 319 g/mol. The summed E-state index contributed by atoms with van der Waals surface area (Å²) in [5, 5.41) is 0. The zero-order valence-corrected chi connectivity index (χ0v) is 13.4. The van der Waals surface area contributed by atoms with Crippen LogP contribution in [0.25, 0.3) is 0 Å². The predicted molar refractivity (Wildman–Crippen MR) is 79.8 cm³/mol. The summed E-state index contributed by atoms with van der Waals surface area (Å²) in [6, 6.07) is 0. The van der Waals surface area contributed by atoms with Crippen LogP contribution in [0.3, 0.4) is 0 Å². The Morgan fingerprint density at radius 1 is 0.952 bits per heavy atom. The molecule has 2 fully saturated rings. The lowest BCUT2D eigenvalue weighted by Gasteiger charge is -2.39. The molecular formula is C12H25N5O3S. The van der Waals surface area contributed by atoms with Gasteiger partial charge >= 0.3 is 0 Å². The summed E-state index contributed by atoms with van der Waals surface area (Å²) in [6.07, 6.45) is 0.325. The summed E-state index contributed by atoms with van der Waals surface area (Å²) in [5.41, 5.74) is 5.38. The van der Waals surface area contributed by atoms with Crippen LogP contribution in [0.15, 0.2) is 0 Å². The lowest BCUT2D eigenvalue weighted by atomic mass is 10.3. The molecule has 0 saturated carbocycles. The van der Waals surface area contributed by atoms with E-state index in [0.717, 1.165) is 13.1 Å². The van der Waals surface area contributed by atoms with Gasteiger partial charge in [-0.15, -0.1) is 0 Å². The van der Waals surface area contributed by atoms with Crippen LogP contribution >= 0.6 is 0 Å². The van der Waals surface area contributed by atoms with E-state index in [0.29, 0.717) is 52.2 Å². The molecule has 0 atom stereocenters. The summed E-state index contributed by atoms with van der Waals surface area (Å²) in [4.78, 5) is 15.6. The van der Waals surface area contributed by atoms with E-state index >= 15 is 0 Å². The molecule has 1 amide bonds. The van der Waals surface area contributed by atoms with E-state index in [9.17, 15) is 13.2 Å². The number of nitrogens with zero attached hydrogens (tertiary/aromatic N) is 4. The fraction of sp³-hybridized carbons (Fsp3) is 0.917. The number of nitrogens with two attached hydrogens (primary N) is 1. The smallest absolute Gasteiger partial charge is 0.282 e. The molecule has 8 nitrogen and oxygen atoms in total. The van der Waals surface area contributed by atoms with E-state index in [2.05, 4.69) is 4.90 Å². The topological polar surface area (TPSA) is 90.2 Å². The highest BCUT2D eigenvalue weighted by Gasteiger charge is 2.34. The maximum absolute atomic E-state index is 12.6. The second-order valence-electron chi connectivity index (χ2n) is 5.53. The third-order valence-electron chi connectivity index (χ3n) is 4.06. The van der Waals surface area contributed by atoms with Gasteiger partial charge in [-0.1, -0.05) is 0 Å². The lowest BCUT2D eigenvalue weighted by molar-refractivity contribution is -0.132. The van der Waals surface area contributed by atoms with Gasteiger partial charge in [0, 0.05) is 65.3 Å². The van der Waals surface area contributed by atoms with Crippen molar-refractivity contribution in [2.24, 2.45) is 5.73 Å². The van der Waals surface area contributed by atoms with Gasteiger partial charge in [0.15, 0.2) is 0 Å². The van der Waals surface area contributed by atoms with Gasteiger partial charge in [0.25, 0.3) is 10.2 Å². The van der Waals surface area contributed by atoms with E-state index in [4.69, 9.17) is 5.73 Å². The molecule has 2 rings (SSSR count). The van der Waals surface area contributed by atoms with Crippen molar-refractivity contribution >= 4 is 16.1 Å². The number of hydrogen-bond donors (Lipinski definition) is 1. The third kappa shape index (κ3) is 3.92. The first-order valence-electron chi connectivity index (χ1n) is 7.37. The molecule has 2 aliphatic rings. The molecule has 0 spiro atoms. The summed E-state index contributed by atoms with van der Waals surface area (Å²) in [7, 11) is -1.40. The Morgan fingerprint density at radius 3 is 1.90 bits per heavy atom. The largest absolute Gasteiger partial charge is 0.340 e. The Kier molecular flexibility index (Phi) is 5.55. The summed E-state index contributed by atoms with van der Waals surface area (Å²) in [6.45, 7) is 4.55. The van der Waals surface area contributed by atoms with Crippen molar-refractivity contribution in [1.82, 2.24) is 18.4 Å². The number of hydrogen-bond acceptors (Lipinski definition) is 5. The standard InChI is InChI=1S/C12H25N5O3S/c1-14-4-8-16(9-5-14)21(19,20)17-10-6-15(7-11-17)12(18)2-3-13/h2-11,13H2,1H3. The number of amides is 1. The molecule has 122 valence electrons. The molecule has 0 aromatic rings. The highest BCUT2D eigenvalue weighted by molar-refractivity contribution is 7.86. The number of carbonyl (C=O) groups is 1. The van der Waals surface area contributed by atoms with Gasteiger partial charge in [-0.3, -0.25) is 4.79 Å². The van der Waals surface area contributed by atoms with E-state index < -0.39 is 10.2 Å². The number of carbonyl (C=O) groups excluding carboxylic acids is 1. The molecule has 2 aliphatic heterocycles. The minimum Gasteiger partial charge on any atom is -0.340 e. The fourth-order valence-corrected chi connectivity index (χ4v) is 4.21. The van der Waals surface area contributed by atoms with Crippen molar-refractivity contribution in [3.8, 4) is 0 Å². The molecule has 0 aromatic carbocycles. The predicted octanol–water partition coefficient (Wildman–Crippen LogP) is -2.03. The second kappa shape index (κ2) is 7.01. The maximum Gasteiger partial charge on any atom is 0.282 e. The zero-order valence-electron chi connectivity index (χ0n) is 12.6. The van der Waals surface area contributed by atoms with Gasteiger partial charge in [0.05, 0.1) is 0 Å². The van der Waals surface area contributed by atoms with Gasteiger partial charge in [0.1, 0.15) is 0 Å². The highest BCUT2D eigenvalue weighted by atomic mass is 32.2. The van der Waals surface area contributed by atoms with Gasteiger partial charge < -0.3 is 15.5 Å². The van der Waals surface area contributed by atoms with E-state index in [1.165, 1.54) is 4.31 Å². The average molecular weight is 319 g/mol. The van der Waals surface area contributed by atoms with Crippen LogP contribution < -0.4 is 5.73 Å². The quantitative estimate of drug-likeness (QED) is 0.645. The number of likely N-dealkylation sites (N-methyl/N-ethyl adjacent to an activating group) is 1. The van der Waals surface area contributed by atoms with E-state index in [1.807, 2.05) is 7.05 Å². The minimum atomic E-state index is -3.39. The fourth-order valence-electron chi connectivity index (χ4n) is 2.63. The van der Waals surface area contributed by atoms with Crippen LogP contribution in [-0.4, -0.2) is 98.7 Å². The first kappa shape index (κ1) is 16.6. The Morgan fingerprint density at radius 2 is 1.43 bits per heavy atom. The molecule has 0 aromatic heterocycles.